The molecule has 0 aliphatic carbocycles. The topological polar surface area (TPSA) is 65.4 Å². The van der Waals surface area contributed by atoms with E-state index in [1.54, 1.807) is 32.0 Å². The third kappa shape index (κ3) is 3.95. The molecule has 0 aliphatic rings. The maximum absolute atomic E-state index is 12.7. The zero-order chi connectivity index (χ0) is 19.4. The fourth-order valence-corrected chi connectivity index (χ4v) is 2.94. The first-order valence-corrected chi connectivity index (χ1v) is 8.65. The molecule has 3 rings (SSSR count). The molecule has 0 aliphatic heterocycles. The Kier molecular flexibility index (Phi) is 5.45. The minimum atomic E-state index is -0.227. The molecule has 1 aromatic heterocycles. The summed E-state index contributed by atoms with van der Waals surface area (Å²) in [4.78, 5) is 12.7. The molecule has 6 nitrogen and oxygen atoms in total. The third-order valence-corrected chi connectivity index (χ3v) is 4.44. The van der Waals surface area contributed by atoms with E-state index in [-0.39, 0.29) is 11.9 Å². The molecule has 0 saturated carbocycles. The van der Waals surface area contributed by atoms with Crippen LogP contribution >= 0.6 is 0 Å². The molecule has 0 fully saturated rings. The zero-order valence-electron chi connectivity index (χ0n) is 15.9. The summed E-state index contributed by atoms with van der Waals surface area (Å²) in [5.41, 5.74) is 2.96. The van der Waals surface area contributed by atoms with Crippen molar-refractivity contribution in [2.45, 2.75) is 13.0 Å². The van der Waals surface area contributed by atoms with Gasteiger partial charge < -0.3 is 14.8 Å². The molecule has 0 spiro atoms. The number of ether oxygens (including phenoxy) is 2. The molecule has 1 N–H and O–H groups in total. The van der Waals surface area contributed by atoms with Gasteiger partial charge in [-0.2, -0.15) is 5.10 Å². The predicted octanol–water partition coefficient (Wildman–Crippen LogP) is 3.60. The molecular weight excluding hydrogens is 342 g/mol. The molecule has 3 aromatic rings. The van der Waals surface area contributed by atoms with E-state index in [1.165, 1.54) is 0 Å². The van der Waals surface area contributed by atoms with E-state index in [1.807, 2.05) is 55.5 Å². The second kappa shape index (κ2) is 7.95. The van der Waals surface area contributed by atoms with E-state index >= 15 is 0 Å². The van der Waals surface area contributed by atoms with Crippen LogP contribution in [-0.2, 0) is 7.05 Å². The van der Waals surface area contributed by atoms with Gasteiger partial charge in [-0.15, -0.1) is 0 Å². The number of hydrogen-bond donors (Lipinski definition) is 1. The first-order chi connectivity index (χ1) is 13.0. The lowest BCUT2D eigenvalue weighted by Gasteiger charge is -2.13. The van der Waals surface area contributed by atoms with Gasteiger partial charge >= 0.3 is 0 Å². The van der Waals surface area contributed by atoms with Crippen molar-refractivity contribution in [1.82, 2.24) is 15.1 Å². The fraction of sp³-hybridized carbons (Fsp3) is 0.238. The summed E-state index contributed by atoms with van der Waals surface area (Å²) < 4.78 is 12.4. The summed E-state index contributed by atoms with van der Waals surface area (Å²) in [5, 5.41) is 7.36. The predicted molar refractivity (Wildman–Crippen MR) is 104 cm³/mol. The van der Waals surface area contributed by atoms with E-state index in [0.29, 0.717) is 17.2 Å². The van der Waals surface area contributed by atoms with E-state index in [0.717, 1.165) is 16.8 Å². The molecule has 1 unspecified atom stereocenters. The van der Waals surface area contributed by atoms with Crippen molar-refractivity contribution in [3.05, 3.63) is 65.9 Å². The van der Waals surface area contributed by atoms with Gasteiger partial charge in [0.05, 0.1) is 26.0 Å². The highest BCUT2D eigenvalue weighted by Crippen LogP contribution is 2.33. The van der Waals surface area contributed by atoms with Crippen LogP contribution in [-0.4, -0.2) is 29.9 Å². The number of methoxy groups -OCH3 is 2. The van der Waals surface area contributed by atoms with Gasteiger partial charge in [0.2, 0.25) is 0 Å². The van der Waals surface area contributed by atoms with Crippen LogP contribution in [0, 0.1) is 0 Å². The molecular formula is C21H23N3O3. The molecule has 27 heavy (non-hydrogen) atoms. The molecule has 2 aromatic carbocycles. The highest BCUT2D eigenvalue weighted by Gasteiger charge is 2.19. The molecule has 140 valence electrons. The highest BCUT2D eigenvalue weighted by molar-refractivity contribution is 5.94. The zero-order valence-corrected chi connectivity index (χ0v) is 15.9. The standard InChI is InChI=1S/C21H23N3O3/c1-14(15-8-6-5-7-9-15)22-21(25)18-13-19(24(2)23-18)17-12-16(26-3)10-11-20(17)27-4/h5-14H,1-4H3,(H,22,25). The number of rotatable bonds is 6. The Bertz CT molecular complexity index is 935. The lowest BCUT2D eigenvalue weighted by atomic mass is 10.1. The Morgan fingerprint density at radius 1 is 1.07 bits per heavy atom. The second-order valence-electron chi connectivity index (χ2n) is 6.21. The second-order valence-corrected chi connectivity index (χ2v) is 6.21. The lowest BCUT2D eigenvalue weighted by Crippen LogP contribution is -2.27. The SMILES string of the molecule is COc1ccc(OC)c(-c2cc(C(=O)NC(C)c3ccccc3)nn2C)c1. The maximum atomic E-state index is 12.7. The number of aryl methyl sites for hydroxylation is 1. The summed E-state index contributed by atoms with van der Waals surface area (Å²) >= 11 is 0. The monoisotopic (exact) mass is 365 g/mol. The van der Waals surface area contributed by atoms with Crippen LogP contribution in [0.3, 0.4) is 0 Å². The average Bonchev–Trinajstić information content (AvgIpc) is 3.09. The number of nitrogens with one attached hydrogen (secondary N) is 1. The molecule has 1 heterocycles. The first kappa shape index (κ1) is 18.5. The van der Waals surface area contributed by atoms with Crippen molar-refractivity contribution < 1.29 is 14.3 Å². The van der Waals surface area contributed by atoms with Gasteiger partial charge in [0, 0.05) is 12.6 Å². The van der Waals surface area contributed by atoms with E-state index in [4.69, 9.17) is 9.47 Å². The number of hydrogen-bond acceptors (Lipinski definition) is 4. The largest absolute Gasteiger partial charge is 0.497 e. The highest BCUT2D eigenvalue weighted by atomic mass is 16.5. The van der Waals surface area contributed by atoms with Gasteiger partial charge in [0.15, 0.2) is 5.69 Å². The van der Waals surface area contributed by atoms with Gasteiger partial charge in [-0.05, 0) is 36.8 Å². The number of amides is 1. The number of carbonyl (C=O) groups excluding carboxylic acids is 1. The number of aromatic nitrogens is 2. The Balaban J connectivity index is 1.87. The summed E-state index contributed by atoms with van der Waals surface area (Å²) in [6.07, 6.45) is 0. The van der Waals surface area contributed by atoms with Crippen molar-refractivity contribution in [2.75, 3.05) is 14.2 Å². The number of benzene rings is 2. The summed E-state index contributed by atoms with van der Waals surface area (Å²) in [6.45, 7) is 1.95. The Labute approximate surface area is 158 Å². The molecule has 1 atom stereocenters. The molecule has 0 saturated heterocycles. The fourth-order valence-electron chi connectivity index (χ4n) is 2.94. The number of nitrogens with zero attached hydrogens (tertiary/aromatic N) is 2. The summed E-state index contributed by atoms with van der Waals surface area (Å²) in [7, 11) is 5.02. The van der Waals surface area contributed by atoms with Crippen LogP contribution in [0.15, 0.2) is 54.6 Å². The first-order valence-electron chi connectivity index (χ1n) is 8.65. The van der Waals surface area contributed by atoms with Crippen LogP contribution in [0.1, 0.15) is 29.0 Å². The van der Waals surface area contributed by atoms with Crippen molar-refractivity contribution in [1.29, 1.82) is 0 Å². The van der Waals surface area contributed by atoms with Crippen LogP contribution < -0.4 is 14.8 Å². The van der Waals surface area contributed by atoms with Gasteiger partial charge in [-0.25, -0.2) is 0 Å². The smallest absolute Gasteiger partial charge is 0.272 e. The van der Waals surface area contributed by atoms with E-state index in [9.17, 15) is 4.79 Å². The maximum Gasteiger partial charge on any atom is 0.272 e. The minimum absolute atomic E-state index is 0.115. The van der Waals surface area contributed by atoms with Gasteiger partial charge in [0.25, 0.3) is 5.91 Å². The average molecular weight is 365 g/mol. The summed E-state index contributed by atoms with van der Waals surface area (Å²) in [6, 6.07) is 17.0. The van der Waals surface area contributed by atoms with Crippen molar-refractivity contribution >= 4 is 5.91 Å². The van der Waals surface area contributed by atoms with Crippen LogP contribution in [0.2, 0.25) is 0 Å². The number of carbonyl (C=O) groups is 1. The molecule has 6 heteroatoms. The quantitative estimate of drug-likeness (QED) is 0.725. The lowest BCUT2D eigenvalue weighted by molar-refractivity contribution is 0.0934. The van der Waals surface area contributed by atoms with E-state index in [2.05, 4.69) is 10.4 Å². The van der Waals surface area contributed by atoms with Crippen molar-refractivity contribution in [3.8, 4) is 22.8 Å². The van der Waals surface area contributed by atoms with Crippen molar-refractivity contribution in [3.63, 3.8) is 0 Å². The Morgan fingerprint density at radius 2 is 1.81 bits per heavy atom. The van der Waals surface area contributed by atoms with E-state index < -0.39 is 0 Å². The van der Waals surface area contributed by atoms with Crippen LogP contribution in [0.4, 0.5) is 0 Å². The molecule has 0 bridgehead atoms. The van der Waals surface area contributed by atoms with Gasteiger partial charge in [0.1, 0.15) is 11.5 Å². The summed E-state index contributed by atoms with van der Waals surface area (Å²) in [5.74, 6) is 1.16. The molecule has 1 amide bonds. The molecule has 0 radical (unpaired) electrons. The van der Waals surface area contributed by atoms with Crippen LogP contribution in [0.25, 0.3) is 11.3 Å². The van der Waals surface area contributed by atoms with Gasteiger partial charge in [-0.3, -0.25) is 9.48 Å². The normalized spacial score (nSPS) is 11.7. The van der Waals surface area contributed by atoms with Crippen LogP contribution in [0.5, 0.6) is 11.5 Å². The van der Waals surface area contributed by atoms with Crippen molar-refractivity contribution in [2.24, 2.45) is 7.05 Å². The Hall–Kier alpha value is -3.28. The third-order valence-electron chi connectivity index (χ3n) is 4.44. The Morgan fingerprint density at radius 3 is 2.48 bits per heavy atom. The minimum Gasteiger partial charge on any atom is -0.497 e. The van der Waals surface area contributed by atoms with Gasteiger partial charge in [-0.1, -0.05) is 30.3 Å².